The number of benzene rings is 1. The first kappa shape index (κ1) is 33.9. The number of nitrogens with two attached hydrogens (primary N) is 1. The zero-order valence-electron chi connectivity index (χ0n) is 25.6. The number of carbonyl (C=O) groups excluding carboxylic acids is 2. The first-order valence-corrected chi connectivity index (χ1v) is 18.1. The van der Waals surface area contributed by atoms with E-state index in [9.17, 15) is 22.8 Å². The Kier molecular flexibility index (Phi) is 10.5. The van der Waals surface area contributed by atoms with E-state index in [0.29, 0.717) is 36.0 Å². The number of hydrogen-bond acceptors (Lipinski definition) is 7. The van der Waals surface area contributed by atoms with Crippen LogP contribution in [0.1, 0.15) is 28.2 Å². The van der Waals surface area contributed by atoms with Gasteiger partial charge in [-0.3, -0.25) is 9.59 Å². The zero-order valence-corrected chi connectivity index (χ0v) is 26.6. The molecule has 0 unspecified atom stereocenters. The van der Waals surface area contributed by atoms with E-state index in [1.165, 1.54) is 29.3 Å². The third-order valence-electron chi connectivity index (χ3n) is 7.22. The molecule has 2 amide bonds. The maximum absolute atomic E-state index is 15.2. The summed E-state index contributed by atoms with van der Waals surface area (Å²) in [5.41, 5.74) is 7.11. The SMILES string of the molecule is Cc1nc(-c2cnc(O[C@H]3CCN(C(=O)Cc4ccc(OC(F)(F)F)cc4)C[C@H]3F)c(C(N)=O)c2)cn1COCC[Si](C)(C)C. The molecule has 15 heteroatoms. The monoisotopic (exact) mass is 651 g/mol. The molecule has 244 valence electrons. The van der Waals surface area contributed by atoms with Gasteiger partial charge >= 0.3 is 6.36 Å². The van der Waals surface area contributed by atoms with Gasteiger partial charge in [-0.15, -0.1) is 13.2 Å². The van der Waals surface area contributed by atoms with Crippen LogP contribution in [0.25, 0.3) is 11.3 Å². The summed E-state index contributed by atoms with van der Waals surface area (Å²) in [6, 6.07) is 7.45. The standard InChI is InChI=1S/C30H37F4N5O5Si/c1-19-37-25(17-39(19)18-42-11-12-45(2,3)4)21-14-23(28(35)41)29(36-15-21)43-26-9-10-38(16-24(26)31)27(40)13-20-5-7-22(8-6-20)44-30(32,33)34/h5-8,14-15,17,24,26H,9-13,16,18H2,1-4H3,(H2,35,41)/t24-,26+/m1/s1. The highest BCUT2D eigenvalue weighted by Crippen LogP contribution is 2.28. The Morgan fingerprint density at radius 1 is 1.16 bits per heavy atom. The predicted octanol–water partition coefficient (Wildman–Crippen LogP) is 5.12. The lowest BCUT2D eigenvalue weighted by atomic mass is 10.0. The van der Waals surface area contributed by atoms with E-state index in [2.05, 4.69) is 34.3 Å². The van der Waals surface area contributed by atoms with Crippen LogP contribution < -0.4 is 15.2 Å². The van der Waals surface area contributed by atoms with E-state index in [1.807, 2.05) is 11.5 Å². The van der Waals surface area contributed by atoms with Crippen molar-refractivity contribution in [2.24, 2.45) is 5.73 Å². The Morgan fingerprint density at radius 3 is 2.49 bits per heavy atom. The van der Waals surface area contributed by atoms with Gasteiger partial charge in [-0.1, -0.05) is 31.8 Å². The fourth-order valence-electron chi connectivity index (χ4n) is 4.66. The van der Waals surface area contributed by atoms with E-state index in [-0.39, 0.29) is 37.4 Å². The molecular weight excluding hydrogens is 614 g/mol. The molecule has 45 heavy (non-hydrogen) atoms. The second kappa shape index (κ2) is 14.0. The van der Waals surface area contributed by atoms with Crippen molar-refractivity contribution < 1.29 is 41.4 Å². The zero-order chi connectivity index (χ0) is 32.9. The van der Waals surface area contributed by atoms with Crippen molar-refractivity contribution in [3.05, 3.63) is 59.7 Å². The lowest BCUT2D eigenvalue weighted by molar-refractivity contribution is -0.274. The largest absolute Gasteiger partial charge is 0.573 e. The molecule has 2 atom stereocenters. The van der Waals surface area contributed by atoms with Gasteiger partial charge in [0.2, 0.25) is 11.8 Å². The summed E-state index contributed by atoms with van der Waals surface area (Å²) in [4.78, 5) is 35.2. The lowest BCUT2D eigenvalue weighted by Crippen LogP contribution is -2.49. The molecule has 2 aromatic heterocycles. The highest BCUT2D eigenvalue weighted by atomic mass is 28.3. The van der Waals surface area contributed by atoms with Crippen molar-refractivity contribution in [2.75, 3.05) is 19.7 Å². The van der Waals surface area contributed by atoms with Crippen LogP contribution in [-0.2, 0) is 22.7 Å². The van der Waals surface area contributed by atoms with E-state index in [4.69, 9.17) is 15.2 Å². The van der Waals surface area contributed by atoms with Crippen LogP contribution >= 0.6 is 0 Å². The number of alkyl halides is 4. The van der Waals surface area contributed by atoms with Crippen molar-refractivity contribution in [3.8, 4) is 22.9 Å². The molecular formula is C30H37F4N5O5Si. The fraction of sp³-hybridized carbons (Fsp3) is 0.467. The highest BCUT2D eigenvalue weighted by Gasteiger charge is 2.34. The maximum atomic E-state index is 15.2. The van der Waals surface area contributed by atoms with Gasteiger partial charge in [0.25, 0.3) is 5.91 Å². The average molecular weight is 652 g/mol. The molecule has 1 fully saturated rings. The quantitative estimate of drug-likeness (QED) is 0.164. The number of primary amides is 1. The number of hydrogen-bond donors (Lipinski definition) is 1. The Labute approximate surface area is 259 Å². The van der Waals surface area contributed by atoms with Gasteiger partial charge in [-0.05, 0) is 36.7 Å². The molecule has 0 bridgehead atoms. The Bertz CT molecular complexity index is 1490. The van der Waals surface area contributed by atoms with Crippen LogP contribution in [0.5, 0.6) is 11.6 Å². The van der Waals surface area contributed by atoms with E-state index >= 15 is 4.39 Å². The highest BCUT2D eigenvalue weighted by molar-refractivity contribution is 6.76. The van der Waals surface area contributed by atoms with Gasteiger partial charge in [0.15, 0.2) is 6.17 Å². The summed E-state index contributed by atoms with van der Waals surface area (Å²) in [7, 11) is -1.22. The van der Waals surface area contributed by atoms with Crippen molar-refractivity contribution in [2.45, 2.75) is 70.8 Å². The number of rotatable bonds is 12. The second-order valence-corrected chi connectivity index (χ2v) is 17.7. The Hall–Kier alpha value is -3.98. The van der Waals surface area contributed by atoms with Gasteiger partial charge in [-0.25, -0.2) is 14.4 Å². The molecule has 0 radical (unpaired) electrons. The molecule has 0 saturated carbocycles. The number of amides is 2. The molecule has 1 aliphatic heterocycles. The molecule has 10 nitrogen and oxygen atoms in total. The molecule has 0 aliphatic carbocycles. The van der Waals surface area contributed by atoms with E-state index in [1.54, 1.807) is 6.20 Å². The van der Waals surface area contributed by atoms with Crippen LogP contribution in [0.15, 0.2) is 42.7 Å². The average Bonchev–Trinajstić information content (AvgIpc) is 3.32. The third-order valence-corrected chi connectivity index (χ3v) is 8.93. The number of piperidine rings is 1. The number of ether oxygens (including phenoxy) is 3. The van der Waals surface area contributed by atoms with Gasteiger partial charge in [0.1, 0.15) is 30.0 Å². The predicted molar refractivity (Wildman–Crippen MR) is 160 cm³/mol. The second-order valence-electron chi connectivity index (χ2n) is 12.1. The number of likely N-dealkylation sites (tertiary alicyclic amines) is 1. The topological polar surface area (TPSA) is 122 Å². The van der Waals surface area contributed by atoms with Crippen molar-refractivity contribution >= 4 is 19.9 Å². The van der Waals surface area contributed by atoms with Crippen molar-refractivity contribution in [3.63, 3.8) is 0 Å². The third kappa shape index (κ3) is 9.75. The maximum Gasteiger partial charge on any atom is 0.573 e. The fourth-order valence-corrected chi connectivity index (χ4v) is 5.42. The number of pyridine rings is 1. The number of aryl methyl sites for hydroxylation is 1. The number of carbonyl (C=O) groups is 2. The summed E-state index contributed by atoms with van der Waals surface area (Å²) in [6.45, 7) is 9.57. The van der Waals surface area contributed by atoms with Crippen molar-refractivity contribution in [1.29, 1.82) is 0 Å². The first-order chi connectivity index (χ1) is 21.1. The minimum Gasteiger partial charge on any atom is -0.471 e. The van der Waals surface area contributed by atoms with Crippen LogP contribution in [0.2, 0.25) is 25.7 Å². The van der Waals surface area contributed by atoms with Crippen LogP contribution in [-0.4, -0.2) is 77.7 Å². The summed E-state index contributed by atoms with van der Waals surface area (Å²) >= 11 is 0. The van der Waals surface area contributed by atoms with Crippen LogP contribution in [0.3, 0.4) is 0 Å². The van der Waals surface area contributed by atoms with E-state index in [0.717, 1.165) is 18.2 Å². The van der Waals surface area contributed by atoms with Gasteiger partial charge in [-0.2, -0.15) is 0 Å². The molecule has 3 heterocycles. The van der Waals surface area contributed by atoms with Gasteiger partial charge < -0.3 is 29.4 Å². The first-order valence-electron chi connectivity index (χ1n) is 14.4. The van der Waals surface area contributed by atoms with Gasteiger partial charge in [0.05, 0.1) is 18.7 Å². The molecule has 4 rings (SSSR count). The Morgan fingerprint density at radius 2 is 1.87 bits per heavy atom. The summed E-state index contributed by atoms with van der Waals surface area (Å²) in [5.74, 6) is -1.00. The molecule has 1 aromatic carbocycles. The van der Waals surface area contributed by atoms with Crippen molar-refractivity contribution in [1.82, 2.24) is 19.4 Å². The number of halogens is 4. The van der Waals surface area contributed by atoms with E-state index < -0.39 is 44.3 Å². The normalized spacial score (nSPS) is 17.3. The molecule has 0 spiro atoms. The Balaban J connectivity index is 1.35. The lowest BCUT2D eigenvalue weighted by Gasteiger charge is -2.34. The molecule has 2 N–H and O–H groups in total. The van der Waals surface area contributed by atoms with Crippen LogP contribution in [0, 0.1) is 6.92 Å². The summed E-state index contributed by atoms with van der Waals surface area (Å²) in [5, 5.41) is 0. The summed E-state index contributed by atoms with van der Waals surface area (Å²) in [6.07, 6.45) is -4.14. The van der Waals surface area contributed by atoms with Crippen LogP contribution in [0.4, 0.5) is 17.6 Å². The smallest absolute Gasteiger partial charge is 0.471 e. The molecule has 1 aliphatic rings. The summed E-state index contributed by atoms with van der Waals surface area (Å²) < 4.78 is 69.6. The number of imidazole rings is 1. The number of nitrogens with zero attached hydrogens (tertiary/aromatic N) is 4. The minimum absolute atomic E-state index is 0.0326. The molecule has 3 aromatic rings. The minimum atomic E-state index is -4.82. The van der Waals surface area contributed by atoms with Gasteiger partial charge in [0, 0.05) is 45.6 Å². The number of aromatic nitrogens is 3. The molecule has 1 saturated heterocycles.